The Morgan fingerprint density at radius 2 is 1.58 bits per heavy atom. The van der Waals surface area contributed by atoms with Crippen LogP contribution in [0.25, 0.3) is 0 Å². The van der Waals surface area contributed by atoms with Crippen molar-refractivity contribution >= 4 is 8.32 Å². The molecule has 150 valence electrons. The van der Waals surface area contributed by atoms with Crippen molar-refractivity contribution < 1.29 is 24.1 Å². The first-order valence-electron chi connectivity index (χ1n) is 9.17. The van der Waals surface area contributed by atoms with E-state index in [1.807, 2.05) is 31.2 Å². The lowest BCUT2D eigenvalue weighted by atomic mass is 10.1. The molecule has 0 aromatic heterocycles. The third-order valence-electron chi connectivity index (χ3n) is 5.20. The molecular weight excluding hydrogens is 348 g/mol. The summed E-state index contributed by atoms with van der Waals surface area (Å²) in [5.74, 6) is 0.797. The van der Waals surface area contributed by atoms with Crippen molar-refractivity contribution in [3.05, 3.63) is 29.8 Å². The molecule has 0 heterocycles. The van der Waals surface area contributed by atoms with Gasteiger partial charge in [0, 0.05) is 0 Å². The molecule has 0 bridgehead atoms. The minimum Gasteiger partial charge on any atom is -0.497 e. The number of aliphatic hydroxyl groups excluding tert-OH is 2. The molecule has 6 heteroatoms. The van der Waals surface area contributed by atoms with Crippen LogP contribution in [0.1, 0.15) is 40.2 Å². The second kappa shape index (κ2) is 9.33. The van der Waals surface area contributed by atoms with Gasteiger partial charge in [0.05, 0.1) is 32.0 Å². The maximum absolute atomic E-state index is 10.5. The summed E-state index contributed by atoms with van der Waals surface area (Å²) in [4.78, 5) is 0. The average molecular weight is 385 g/mol. The lowest BCUT2D eigenvalue weighted by molar-refractivity contribution is -0.111. The van der Waals surface area contributed by atoms with E-state index in [1.165, 1.54) is 0 Å². The van der Waals surface area contributed by atoms with Gasteiger partial charge in [-0.1, -0.05) is 32.9 Å². The third-order valence-corrected chi connectivity index (χ3v) is 9.68. The molecule has 0 aliphatic carbocycles. The van der Waals surface area contributed by atoms with Crippen molar-refractivity contribution in [1.82, 2.24) is 0 Å². The predicted octanol–water partition coefficient (Wildman–Crippen LogP) is 3.73. The quantitative estimate of drug-likeness (QED) is 0.635. The molecule has 0 radical (unpaired) electrons. The molecule has 0 spiro atoms. The molecule has 0 amide bonds. The van der Waals surface area contributed by atoms with Crippen LogP contribution in [-0.4, -0.2) is 50.1 Å². The highest BCUT2D eigenvalue weighted by Gasteiger charge is 2.43. The molecular formula is C20H36O5Si. The molecule has 26 heavy (non-hydrogen) atoms. The van der Waals surface area contributed by atoms with E-state index in [0.717, 1.165) is 11.3 Å². The van der Waals surface area contributed by atoms with Gasteiger partial charge < -0.3 is 24.1 Å². The minimum absolute atomic E-state index is 0.000628. The van der Waals surface area contributed by atoms with Gasteiger partial charge in [-0.05, 0) is 49.7 Å². The largest absolute Gasteiger partial charge is 0.497 e. The number of rotatable bonds is 9. The Labute approximate surface area is 159 Å². The van der Waals surface area contributed by atoms with Gasteiger partial charge in [-0.25, -0.2) is 0 Å². The molecule has 0 aliphatic rings. The Morgan fingerprint density at radius 1 is 1.04 bits per heavy atom. The summed E-state index contributed by atoms with van der Waals surface area (Å²) in [6.45, 7) is 14.6. The van der Waals surface area contributed by atoms with Crippen LogP contribution in [0.15, 0.2) is 24.3 Å². The fourth-order valence-corrected chi connectivity index (χ4v) is 3.64. The second-order valence-corrected chi connectivity index (χ2v) is 13.2. The van der Waals surface area contributed by atoms with Gasteiger partial charge >= 0.3 is 0 Å². The van der Waals surface area contributed by atoms with Gasteiger partial charge in [-0.3, -0.25) is 0 Å². The summed E-state index contributed by atoms with van der Waals surface area (Å²) >= 11 is 0. The van der Waals surface area contributed by atoms with Crippen molar-refractivity contribution in [3.63, 3.8) is 0 Å². The molecule has 4 atom stereocenters. The Bertz CT molecular complexity index is 536. The Morgan fingerprint density at radius 3 is 2.00 bits per heavy atom. The van der Waals surface area contributed by atoms with Crippen LogP contribution < -0.4 is 4.74 Å². The summed E-state index contributed by atoms with van der Waals surface area (Å²) in [6.07, 6.45) is -2.85. The van der Waals surface area contributed by atoms with E-state index >= 15 is 0 Å². The summed E-state index contributed by atoms with van der Waals surface area (Å²) < 4.78 is 17.5. The van der Waals surface area contributed by atoms with Crippen LogP contribution in [-0.2, 0) is 15.8 Å². The number of methoxy groups -OCH3 is 1. The van der Waals surface area contributed by atoms with Gasteiger partial charge in [-0.15, -0.1) is 0 Å². The zero-order valence-corrected chi connectivity index (χ0v) is 18.4. The van der Waals surface area contributed by atoms with Crippen LogP contribution in [0, 0.1) is 0 Å². The Balaban J connectivity index is 2.85. The maximum Gasteiger partial charge on any atom is 0.192 e. The fourth-order valence-electron chi connectivity index (χ4n) is 2.28. The van der Waals surface area contributed by atoms with E-state index in [-0.39, 0.29) is 11.1 Å². The number of hydrogen-bond donors (Lipinski definition) is 2. The molecule has 2 N–H and O–H groups in total. The van der Waals surface area contributed by atoms with Gasteiger partial charge in [0.25, 0.3) is 0 Å². The lowest BCUT2D eigenvalue weighted by Gasteiger charge is -2.42. The first kappa shape index (κ1) is 23.1. The molecule has 1 rings (SSSR count). The van der Waals surface area contributed by atoms with Crippen molar-refractivity contribution in [1.29, 1.82) is 0 Å². The first-order chi connectivity index (χ1) is 11.9. The van der Waals surface area contributed by atoms with E-state index in [9.17, 15) is 10.2 Å². The molecule has 5 nitrogen and oxygen atoms in total. The molecule has 1 aromatic rings. The maximum atomic E-state index is 10.5. The van der Waals surface area contributed by atoms with E-state index in [2.05, 4.69) is 33.9 Å². The van der Waals surface area contributed by atoms with Gasteiger partial charge in [-0.2, -0.15) is 0 Å². The number of hydrogen-bond acceptors (Lipinski definition) is 5. The van der Waals surface area contributed by atoms with Gasteiger partial charge in [0.1, 0.15) is 11.9 Å². The van der Waals surface area contributed by atoms with Crippen molar-refractivity contribution in [2.75, 3.05) is 7.11 Å². The van der Waals surface area contributed by atoms with Crippen molar-refractivity contribution in [3.8, 4) is 5.75 Å². The summed E-state index contributed by atoms with van der Waals surface area (Å²) in [7, 11) is -0.495. The molecule has 0 saturated carbocycles. The zero-order chi connectivity index (χ0) is 20.1. The van der Waals surface area contributed by atoms with Crippen LogP contribution >= 0.6 is 0 Å². The summed E-state index contributed by atoms with van der Waals surface area (Å²) in [5.41, 5.74) is 1.01. The SMILES string of the molecule is COc1ccc(CO[C@H](C)[C@@H](O[Si](C)(C)C(C)(C)C)[C@@H](O)C(C)O)cc1. The van der Waals surface area contributed by atoms with E-state index in [0.29, 0.717) is 6.61 Å². The van der Waals surface area contributed by atoms with E-state index in [1.54, 1.807) is 14.0 Å². The highest BCUT2D eigenvalue weighted by atomic mass is 28.4. The van der Waals surface area contributed by atoms with Crippen LogP contribution in [0.4, 0.5) is 0 Å². The predicted molar refractivity (Wildman–Crippen MR) is 107 cm³/mol. The molecule has 1 aromatic carbocycles. The second-order valence-electron chi connectivity index (χ2n) is 8.44. The molecule has 0 fully saturated rings. The van der Waals surface area contributed by atoms with Crippen LogP contribution in [0.2, 0.25) is 18.1 Å². The van der Waals surface area contributed by atoms with E-state index in [4.69, 9.17) is 13.9 Å². The van der Waals surface area contributed by atoms with Crippen molar-refractivity contribution in [2.45, 2.75) is 83.8 Å². The Hall–Kier alpha value is -0.923. The third kappa shape index (κ3) is 6.35. The standard InChI is InChI=1S/C20H36O5Si/c1-14(21)18(22)19(25-26(7,8)20(3,4)5)15(2)24-13-16-9-11-17(23-6)12-10-16/h9-12,14-15,18-19,21-22H,13H2,1-8H3/t14?,15-,18+,19-/m1/s1. The highest BCUT2D eigenvalue weighted by molar-refractivity contribution is 6.74. The Kier molecular flexibility index (Phi) is 8.29. The number of benzene rings is 1. The highest BCUT2D eigenvalue weighted by Crippen LogP contribution is 2.38. The monoisotopic (exact) mass is 384 g/mol. The lowest BCUT2D eigenvalue weighted by Crippen LogP contribution is -2.53. The van der Waals surface area contributed by atoms with E-state index < -0.39 is 26.6 Å². The first-order valence-corrected chi connectivity index (χ1v) is 12.1. The average Bonchev–Trinajstić information content (AvgIpc) is 2.56. The van der Waals surface area contributed by atoms with Crippen LogP contribution in [0.5, 0.6) is 5.75 Å². The molecule has 1 unspecified atom stereocenters. The summed E-state index contributed by atoms with van der Waals surface area (Å²) in [5, 5.41) is 20.4. The van der Waals surface area contributed by atoms with Gasteiger partial charge in [0.15, 0.2) is 8.32 Å². The smallest absolute Gasteiger partial charge is 0.192 e. The summed E-state index contributed by atoms with van der Waals surface area (Å²) in [6, 6.07) is 7.66. The molecule has 0 saturated heterocycles. The molecule has 0 aliphatic heterocycles. The normalized spacial score (nSPS) is 17.5. The minimum atomic E-state index is -2.13. The topological polar surface area (TPSA) is 68.2 Å². The van der Waals surface area contributed by atoms with Gasteiger partial charge in [0.2, 0.25) is 0 Å². The van der Waals surface area contributed by atoms with Crippen LogP contribution in [0.3, 0.4) is 0 Å². The number of aliphatic hydroxyl groups is 2. The number of ether oxygens (including phenoxy) is 2. The zero-order valence-electron chi connectivity index (χ0n) is 17.4. The van der Waals surface area contributed by atoms with Crippen molar-refractivity contribution in [2.24, 2.45) is 0 Å². The fraction of sp³-hybridized carbons (Fsp3) is 0.700.